The second-order valence-corrected chi connectivity index (χ2v) is 3.93. The first-order valence-electron chi connectivity index (χ1n) is 5.02. The Kier molecular flexibility index (Phi) is 1.66. The first-order valence-corrected chi connectivity index (χ1v) is 5.02. The Morgan fingerprint density at radius 1 is 1.31 bits per heavy atom. The van der Waals surface area contributed by atoms with Crippen molar-refractivity contribution in [1.29, 1.82) is 0 Å². The van der Waals surface area contributed by atoms with Crippen LogP contribution in [0.1, 0.15) is 11.1 Å². The summed E-state index contributed by atoms with van der Waals surface area (Å²) in [7, 11) is 0. The first kappa shape index (κ1) is 9.09. The molecule has 3 nitrogen and oxygen atoms in total. The molecular weight excluding hydrogens is 202 g/mol. The number of allylic oxidation sites excluding steroid dienone is 2. The lowest BCUT2D eigenvalue weighted by Crippen LogP contribution is -1.95. The molecule has 0 spiro atoms. The van der Waals surface area contributed by atoms with E-state index < -0.39 is 5.97 Å². The Balaban J connectivity index is 2.19. The van der Waals surface area contributed by atoms with Crippen LogP contribution in [0, 0.1) is 6.92 Å². The van der Waals surface area contributed by atoms with Crippen molar-refractivity contribution in [1.82, 2.24) is 0 Å². The molecular formula is C13H9NO2. The number of aliphatic imine (C=N–C) groups is 1. The molecule has 1 aromatic carbocycles. The molecule has 3 heteroatoms. The summed E-state index contributed by atoms with van der Waals surface area (Å²) in [5, 5.41) is 8.92. The number of fused-ring (bicyclic) bond motifs is 3. The quantitative estimate of drug-likeness (QED) is 0.775. The van der Waals surface area contributed by atoms with Gasteiger partial charge in [-0.2, -0.15) is 0 Å². The zero-order valence-corrected chi connectivity index (χ0v) is 8.69. The Morgan fingerprint density at radius 3 is 2.88 bits per heavy atom. The van der Waals surface area contributed by atoms with Crippen LogP contribution in [0.5, 0.6) is 0 Å². The summed E-state index contributed by atoms with van der Waals surface area (Å²) in [6.45, 7) is 2.01. The average Bonchev–Trinajstić information content (AvgIpc) is 2.73. The number of nitrogens with zero attached hydrogens (tertiary/aromatic N) is 1. The molecule has 1 heterocycles. The Hall–Kier alpha value is -2.16. The molecule has 0 saturated carbocycles. The lowest BCUT2D eigenvalue weighted by molar-refractivity contribution is -0.132. The van der Waals surface area contributed by atoms with Crippen LogP contribution in [0.3, 0.4) is 0 Å². The van der Waals surface area contributed by atoms with E-state index in [4.69, 9.17) is 5.11 Å². The monoisotopic (exact) mass is 211 g/mol. The number of carboxylic acids is 1. The molecule has 2 aliphatic rings. The van der Waals surface area contributed by atoms with Crippen molar-refractivity contribution < 1.29 is 9.90 Å². The molecule has 1 aliphatic carbocycles. The van der Waals surface area contributed by atoms with Crippen LogP contribution in [0.25, 0.3) is 5.57 Å². The zero-order chi connectivity index (χ0) is 11.3. The molecule has 0 unspecified atom stereocenters. The van der Waals surface area contributed by atoms with Crippen molar-refractivity contribution in [3.05, 3.63) is 47.1 Å². The minimum absolute atomic E-state index is 0.308. The van der Waals surface area contributed by atoms with Crippen LogP contribution in [0.2, 0.25) is 0 Å². The second kappa shape index (κ2) is 2.92. The molecule has 0 saturated heterocycles. The van der Waals surface area contributed by atoms with Crippen LogP contribution in [-0.2, 0) is 4.79 Å². The smallest absolute Gasteiger partial charge is 0.335 e. The maximum absolute atomic E-state index is 10.9. The zero-order valence-electron chi connectivity index (χ0n) is 8.69. The molecule has 16 heavy (non-hydrogen) atoms. The minimum Gasteiger partial charge on any atom is -0.478 e. The van der Waals surface area contributed by atoms with Gasteiger partial charge >= 0.3 is 5.97 Å². The van der Waals surface area contributed by atoms with E-state index in [1.54, 1.807) is 12.2 Å². The minimum atomic E-state index is -0.903. The van der Waals surface area contributed by atoms with Crippen molar-refractivity contribution in [3.8, 4) is 0 Å². The fraction of sp³-hybridized carbons (Fsp3) is 0.0769. The molecule has 3 rings (SSSR count). The molecule has 0 radical (unpaired) electrons. The standard InChI is InChI=1S/C13H9NO2/c1-7-3-2-4-10-12(7)9-5-8(13(15)16)6-11(9)14-10/h2-6H,1H3,(H,15,16). The lowest BCUT2D eigenvalue weighted by Gasteiger charge is -2.02. The van der Waals surface area contributed by atoms with Crippen molar-refractivity contribution in [2.24, 2.45) is 4.99 Å². The van der Waals surface area contributed by atoms with Gasteiger partial charge in [-0.3, -0.25) is 0 Å². The molecule has 0 aromatic heterocycles. The summed E-state index contributed by atoms with van der Waals surface area (Å²) in [4.78, 5) is 15.3. The van der Waals surface area contributed by atoms with Crippen LogP contribution in [0.4, 0.5) is 5.69 Å². The first-order chi connectivity index (χ1) is 7.66. The predicted octanol–water partition coefficient (Wildman–Crippen LogP) is 2.49. The maximum Gasteiger partial charge on any atom is 0.335 e. The van der Waals surface area contributed by atoms with E-state index in [-0.39, 0.29) is 0 Å². The van der Waals surface area contributed by atoms with Gasteiger partial charge in [0.1, 0.15) is 0 Å². The van der Waals surface area contributed by atoms with E-state index in [1.165, 1.54) is 0 Å². The molecule has 0 bridgehead atoms. The molecule has 1 aliphatic heterocycles. The summed E-state index contributed by atoms with van der Waals surface area (Å²) < 4.78 is 0. The van der Waals surface area contributed by atoms with Gasteiger partial charge in [-0.1, -0.05) is 12.1 Å². The second-order valence-electron chi connectivity index (χ2n) is 3.93. The number of carboxylic acid groups (broad SMARTS) is 1. The topological polar surface area (TPSA) is 49.7 Å². The number of carbonyl (C=O) groups is 1. The van der Waals surface area contributed by atoms with Gasteiger partial charge in [0.2, 0.25) is 0 Å². The van der Waals surface area contributed by atoms with Gasteiger partial charge in [0.15, 0.2) is 0 Å². The Bertz CT molecular complexity index is 606. The van der Waals surface area contributed by atoms with E-state index in [0.717, 1.165) is 28.1 Å². The molecule has 1 aromatic rings. The molecule has 78 valence electrons. The Labute approximate surface area is 92.4 Å². The number of aliphatic carboxylic acids is 1. The number of aryl methyl sites for hydroxylation is 1. The van der Waals surface area contributed by atoms with Gasteiger partial charge in [-0.15, -0.1) is 0 Å². The highest BCUT2D eigenvalue weighted by Crippen LogP contribution is 2.40. The third-order valence-electron chi connectivity index (χ3n) is 2.88. The number of rotatable bonds is 1. The third-order valence-corrected chi connectivity index (χ3v) is 2.88. The van der Waals surface area contributed by atoms with Crippen LogP contribution < -0.4 is 0 Å². The highest BCUT2D eigenvalue weighted by molar-refractivity contribution is 6.38. The highest BCUT2D eigenvalue weighted by Gasteiger charge is 2.27. The van der Waals surface area contributed by atoms with Gasteiger partial charge in [-0.25, -0.2) is 9.79 Å². The lowest BCUT2D eigenvalue weighted by atomic mass is 10.00. The number of benzene rings is 1. The van der Waals surface area contributed by atoms with Gasteiger partial charge in [0, 0.05) is 11.1 Å². The summed E-state index contributed by atoms with van der Waals surface area (Å²) in [6, 6.07) is 5.92. The van der Waals surface area contributed by atoms with Gasteiger partial charge < -0.3 is 5.11 Å². The van der Waals surface area contributed by atoms with Gasteiger partial charge in [0.05, 0.1) is 17.0 Å². The number of hydrogen-bond donors (Lipinski definition) is 1. The number of hydrogen-bond acceptors (Lipinski definition) is 2. The van der Waals surface area contributed by atoms with Gasteiger partial charge in [0.25, 0.3) is 0 Å². The summed E-state index contributed by atoms with van der Waals surface area (Å²) >= 11 is 0. The van der Waals surface area contributed by atoms with Crippen molar-refractivity contribution in [2.75, 3.05) is 0 Å². The van der Waals surface area contributed by atoms with Crippen molar-refractivity contribution in [3.63, 3.8) is 0 Å². The Morgan fingerprint density at radius 2 is 2.12 bits per heavy atom. The van der Waals surface area contributed by atoms with Crippen molar-refractivity contribution >= 4 is 22.9 Å². The van der Waals surface area contributed by atoms with E-state index >= 15 is 0 Å². The van der Waals surface area contributed by atoms with Gasteiger partial charge in [-0.05, 0) is 30.7 Å². The van der Waals surface area contributed by atoms with Crippen molar-refractivity contribution in [2.45, 2.75) is 6.92 Å². The molecule has 0 amide bonds. The fourth-order valence-electron chi connectivity index (χ4n) is 2.14. The summed E-state index contributed by atoms with van der Waals surface area (Å²) in [6.07, 6.45) is 3.32. The van der Waals surface area contributed by atoms with Crippen LogP contribution >= 0.6 is 0 Å². The molecule has 1 N–H and O–H groups in total. The largest absolute Gasteiger partial charge is 0.478 e. The maximum atomic E-state index is 10.9. The predicted molar refractivity (Wildman–Crippen MR) is 62.0 cm³/mol. The van der Waals surface area contributed by atoms with E-state index in [0.29, 0.717) is 5.57 Å². The third kappa shape index (κ3) is 1.08. The normalized spacial score (nSPS) is 16.2. The highest BCUT2D eigenvalue weighted by atomic mass is 16.4. The van der Waals surface area contributed by atoms with Crippen LogP contribution in [-0.4, -0.2) is 16.8 Å². The summed E-state index contributed by atoms with van der Waals surface area (Å²) in [5.74, 6) is -0.903. The van der Waals surface area contributed by atoms with E-state index in [1.807, 2.05) is 25.1 Å². The van der Waals surface area contributed by atoms with Crippen LogP contribution in [0.15, 0.2) is 40.9 Å². The molecule has 0 atom stereocenters. The molecule has 0 fully saturated rings. The van der Waals surface area contributed by atoms with E-state index in [9.17, 15) is 4.79 Å². The van der Waals surface area contributed by atoms with E-state index in [2.05, 4.69) is 4.99 Å². The summed E-state index contributed by atoms with van der Waals surface area (Å²) in [5.41, 5.74) is 5.13. The average molecular weight is 211 g/mol. The SMILES string of the molecule is Cc1cccc2c1C1=CC(C(=O)O)=CC1=N2. The fourth-order valence-corrected chi connectivity index (χ4v) is 2.14.